The largest absolute Gasteiger partial charge is 0.395 e. The van der Waals surface area contributed by atoms with Crippen LogP contribution in [0.5, 0.6) is 0 Å². The van der Waals surface area contributed by atoms with Gasteiger partial charge in [0.05, 0.1) is 6.61 Å². The summed E-state index contributed by atoms with van der Waals surface area (Å²) >= 11 is 0. The smallest absolute Gasteiger partial charge is 0.120 e. The van der Waals surface area contributed by atoms with E-state index in [1.165, 1.54) is 0 Å². The third-order valence-corrected chi connectivity index (χ3v) is 2.95. The Morgan fingerprint density at radius 3 is 2.82 bits per heavy atom. The summed E-state index contributed by atoms with van der Waals surface area (Å²) in [4.78, 5) is 2.09. The summed E-state index contributed by atoms with van der Waals surface area (Å²) in [6.45, 7) is 7.91. The predicted molar refractivity (Wildman–Crippen MR) is 67.4 cm³/mol. The molecule has 0 bridgehead atoms. The molecule has 0 unspecified atom stereocenters. The van der Waals surface area contributed by atoms with E-state index in [1.54, 1.807) is 0 Å². The van der Waals surface area contributed by atoms with Crippen molar-refractivity contribution in [1.29, 1.82) is 5.26 Å². The number of aliphatic hydroxyl groups is 1. The van der Waals surface area contributed by atoms with Gasteiger partial charge in [-0.3, -0.25) is 4.90 Å². The van der Waals surface area contributed by atoms with Gasteiger partial charge in [0.1, 0.15) is 11.8 Å². The molecule has 0 aliphatic rings. The van der Waals surface area contributed by atoms with Crippen molar-refractivity contribution in [3.63, 3.8) is 0 Å². The number of aromatic nitrogens is 1. The molecule has 4 nitrogen and oxygen atoms in total. The van der Waals surface area contributed by atoms with Gasteiger partial charge in [0.25, 0.3) is 0 Å². The summed E-state index contributed by atoms with van der Waals surface area (Å²) in [7, 11) is 1.89. The Morgan fingerprint density at radius 2 is 2.35 bits per heavy atom. The van der Waals surface area contributed by atoms with Crippen LogP contribution in [0, 0.1) is 18.3 Å². The molecule has 1 aromatic heterocycles. The van der Waals surface area contributed by atoms with Gasteiger partial charge in [0.2, 0.25) is 0 Å². The molecular formula is C13H19N3O. The molecule has 0 saturated carbocycles. The van der Waals surface area contributed by atoms with Crippen molar-refractivity contribution < 1.29 is 5.11 Å². The van der Waals surface area contributed by atoms with Crippen LogP contribution in [-0.4, -0.2) is 34.3 Å². The highest BCUT2D eigenvalue weighted by atomic mass is 16.3. The highest BCUT2D eigenvalue weighted by molar-refractivity contribution is 5.34. The van der Waals surface area contributed by atoms with Gasteiger partial charge < -0.3 is 9.67 Å². The van der Waals surface area contributed by atoms with Crippen molar-refractivity contribution in [2.45, 2.75) is 13.5 Å². The Bertz CT molecular complexity index is 429. The zero-order valence-electron chi connectivity index (χ0n) is 10.5. The molecule has 4 heteroatoms. The second kappa shape index (κ2) is 6.24. The lowest BCUT2D eigenvalue weighted by Crippen LogP contribution is -2.26. The second-order valence-corrected chi connectivity index (χ2v) is 4.06. The average molecular weight is 233 g/mol. The molecule has 17 heavy (non-hydrogen) atoms. The summed E-state index contributed by atoms with van der Waals surface area (Å²) in [6, 6.07) is 4.07. The Labute approximate surface area is 102 Å². The quantitative estimate of drug-likeness (QED) is 0.751. The summed E-state index contributed by atoms with van der Waals surface area (Å²) in [5.74, 6) is 0. The summed E-state index contributed by atoms with van der Waals surface area (Å²) < 4.78 is 1.89. The first kappa shape index (κ1) is 13.5. The van der Waals surface area contributed by atoms with Crippen molar-refractivity contribution in [2.24, 2.45) is 7.05 Å². The minimum atomic E-state index is 0.130. The lowest BCUT2D eigenvalue weighted by Gasteiger charge is -2.19. The maximum absolute atomic E-state index is 8.98. The van der Waals surface area contributed by atoms with Crippen LogP contribution in [0.15, 0.2) is 18.7 Å². The molecular weight excluding hydrogens is 214 g/mol. The van der Waals surface area contributed by atoms with Gasteiger partial charge in [-0.1, -0.05) is 6.08 Å². The molecule has 0 atom stereocenters. The lowest BCUT2D eigenvalue weighted by molar-refractivity contribution is 0.203. The van der Waals surface area contributed by atoms with E-state index in [0.29, 0.717) is 12.2 Å². The molecule has 1 N–H and O–H groups in total. The van der Waals surface area contributed by atoms with E-state index in [1.807, 2.05) is 30.7 Å². The zero-order valence-corrected chi connectivity index (χ0v) is 10.5. The molecule has 0 amide bonds. The number of aliphatic hydroxyl groups excluding tert-OH is 1. The molecule has 0 spiro atoms. The number of nitrogens with zero attached hydrogens (tertiary/aromatic N) is 3. The minimum Gasteiger partial charge on any atom is -0.395 e. The van der Waals surface area contributed by atoms with E-state index < -0.39 is 0 Å². The number of hydrogen-bond donors (Lipinski definition) is 1. The summed E-state index contributed by atoms with van der Waals surface area (Å²) in [6.07, 6.45) is 1.82. The van der Waals surface area contributed by atoms with Crippen LogP contribution in [0.4, 0.5) is 0 Å². The van der Waals surface area contributed by atoms with Crippen LogP contribution in [0.2, 0.25) is 0 Å². The van der Waals surface area contributed by atoms with Crippen molar-refractivity contribution in [1.82, 2.24) is 9.47 Å². The van der Waals surface area contributed by atoms with Crippen molar-refractivity contribution in [2.75, 3.05) is 19.7 Å². The molecule has 0 fully saturated rings. The first-order valence-corrected chi connectivity index (χ1v) is 5.63. The third-order valence-electron chi connectivity index (χ3n) is 2.95. The number of rotatable bonds is 6. The molecule has 0 radical (unpaired) electrons. The van der Waals surface area contributed by atoms with Gasteiger partial charge in [-0.05, 0) is 18.6 Å². The third kappa shape index (κ3) is 3.19. The monoisotopic (exact) mass is 233 g/mol. The van der Waals surface area contributed by atoms with Crippen LogP contribution >= 0.6 is 0 Å². The van der Waals surface area contributed by atoms with E-state index in [4.69, 9.17) is 10.4 Å². The van der Waals surface area contributed by atoms with Crippen LogP contribution in [-0.2, 0) is 13.6 Å². The topological polar surface area (TPSA) is 52.2 Å². The molecule has 0 aliphatic carbocycles. The van der Waals surface area contributed by atoms with E-state index in [-0.39, 0.29) is 6.61 Å². The maximum atomic E-state index is 8.98. The lowest BCUT2D eigenvalue weighted by atomic mass is 10.2. The van der Waals surface area contributed by atoms with Crippen LogP contribution in [0.1, 0.15) is 17.0 Å². The summed E-state index contributed by atoms with van der Waals surface area (Å²) in [5, 5.41) is 17.9. The molecule has 0 saturated heterocycles. The summed E-state index contributed by atoms with van der Waals surface area (Å²) in [5.41, 5.74) is 2.88. The normalized spacial score (nSPS) is 10.5. The van der Waals surface area contributed by atoms with Gasteiger partial charge in [-0.25, -0.2) is 0 Å². The van der Waals surface area contributed by atoms with Gasteiger partial charge >= 0.3 is 0 Å². The first-order valence-electron chi connectivity index (χ1n) is 5.63. The maximum Gasteiger partial charge on any atom is 0.120 e. The standard InChI is InChI=1S/C13H19N3O/c1-4-5-16(6-7-17)10-12-8-13(9-14)15(3)11(12)2/h4,8,17H,1,5-7,10H2,2-3H3. The number of nitriles is 1. The highest BCUT2D eigenvalue weighted by Gasteiger charge is 2.11. The van der Waals surface area contributed by atoms with Gasteiger partial charge in [0.15, 0.2) is 0 Å². The van der Waals surface area contributed by atoms with E-state index >= 15 is 0 Å². The highest BCUT2D eigenvalue weighted by Crippen LogP contribution is 2.15. The van der Waals surface area contributed by atoms with Gasteiger partial charge in [-0.2, -0.15) is 5.26 Å². The van der Waals surface area contributed by atoms with Crippen molar-refractivity contribution in [3.05, 3.63) is 35.7 Å². The Morgan fingerprint density at radius 1 is 1.65 bits per heavy atom. The van der Waals surface area contributed by atoms with E-state index in [0.717, 1.165) is 24.3 Å². The van der Waals surface area contributed by atoms with Crippen molar-refractivity contribution >= 4 is 0 Å². The van der Waals surface area contributed by atoms with Crippen molar-refractivity contribution in [3.8, 4) is 6.07 Å². The minimum absolute atomic E-state index is 0.130. The molecule has 92 valence electrons. The van der Waals surface area contributed by atoms with Gasteiger partial charge in [-0.15, -0.1) is 6.58 Å². The van der Waals surface area contributed by atoms with Crippen LogP contribution in [0.25, 0.3) is 0 Å². The fraction of sp³-hybridized carbons (Fsp3) is 0.462. The second-order valence-electron chi connectivity index (χ2n) is 4.06. The molecule has 0 aromatic carbocycles. The molecule has 1 rings (SSSR count). The first-order chi connectivity index (χ1) is 8.13. The van der Waals surface area contributed by atoms with E-state index in [9.17, 15) is 0 Å². The van der Waals surface area contributed by atoms with Gasteiger partial charge in [0, 0.05) is 32.4 Å². The predicted octanol–water partition coefficient (Wildman–Crippen LogP) is 1.19. The molecule has 0 aliphatic heterocycles. The van der Waals surface area contributed by atoms with E-state index in [2.05, 4.69) is 17.5 Å². The van der Waals surface area contributed by atoms with Crippen LogP contribution in [0.3, 0.4) is 0 Å². The van der Waals surface area contributed by atoms with Crippen LogP contribution < -0.4 is 0 Å². The SMILES string of the molecule is C=CCN(CCO)Cc1cc(C#N)n(C)c1C. The fourth-order valence-corrected chi connectivity index (χ4v) is 1.83. The average Bonchev–Trinajstić information content (AvgIpc) is 2.58. The Balaban J connectivity index is 2.86. The fourth-order valence-electron chi connectivity index (χ4n) is 1.83. The molecule has 1 aromatic rings. The zero-order chi connectivity index (χ0) is 12.8. The molecule has 1 heterocycles. The number of hydrogen-bond acceptors (Lipinski definition) is 3. The Hall–Kier alpha value is -1.57. The Kier molecular flexibility index (Phi) is 4.95.